The zero-order chi connectivity index (χ0) is 7.56. The lowest BCUT2D eigenvalue weighted by Gasteiger charge is -1.94. The van der Waals surface area contributed by atoms with E-state index in [2.05, 4.69) is 15.9 Å². The van der Waals surface area contributed by atoms with Gasteiger partial charge >= 0.3 is 5.97 Å². The summed E-state index contributed by atoms with van der Waals surface area (Å²) < 4.78 is 0. The van der Waals surface area contributed by atoms with Gasteiger partial charge in [0, 0.05) is 17.3 Å². The third kappa shape index (κ3) is 1.48. The first-order chi connectivity index (χ1) is 4.74. The molecule has 0 saturated carbocycles. The van der Waals surface area contributed by atoms with Crippen molar-refractivity contribution < 1.29 is 9.90 Å². The molecule has 0 radical (unpaired) electrons. The summed E-state index contributed by atoms with van der Waals surface area (Å²) in [4.78, 5) is 10.3. The standard InChI is InChI=1S/C7H7BrO2/c8-4-5-1-2-6(3-5)7(9)10/h1-2H,3-4H2,(H,9,10). The number of rotatable bonds is 2. The highest BCUT2D eigenvalue weighted by molar-refractivity contribution is 9.09. The Morgan fingerprint density at radius 1 is 1.70 bits per heavy atom. The Hall–Kier alpha value is -0.570. The Morgan fingerprint density at radius 2 is 2.40 bits per heavy atom. The molecule has 0 fully saturated rings. The molecule has 1 N–H and O–H groups in total. The molecule has 2 nitrogen and oxygen atoms in total. The zero-order valence-corrected chi connectivity index (χ0v) is 6.89. The first-order valence-corrected chi connectivity index (χ1v) is 4.04. The van der Waals surface area contributed by atoms with Crippen LogP contribution in [0, 0.1) is 0 Å². The van der Waals surface area contributed by atoms with Crippen molar-refractivity contribution in [1.82, 2.24) is 0 Å². The Kier molecular flexibility index (Phi) is 2.27. The minimum atomic E-state index is -0.813. The van der Waals surface area contributed by atoms with Gasteiger partial charge in [-0.1, -0.05) is 33.7 Å². The quantitative estimate of drug-likeness (QED) is 0.693. The van der Waals surface area contributed by atoms with Gasteiger partial charge in [-0.25, -0.2) is 4.79 Å². The van der Waals surface area contributed by atoms with E-state index in [1.54, 1.807) is 6.08 Å². The molecule has 0 amide bonds. The van der Waals surface area contributed by atoms with Gasteiger partial charge in [0.2, 0.25) is 0 Å². The molecule has 0 aromatic rings. The summed E-state index contributed by atoms with van der Waals surface area (Å²) in [7, 11) is 0. The van der Waals surface area contributed by atoms with E-state index in [-0.39, 0.29) is 0 Å². The summed E-state index contributed by atoms with van der Waals surface area (Å²) in [6, 6.07) is 0. The van der Waals surface area contributed by atoms with Crippen molar-refractivity contribution in [3.8, 4) is 0 Å². The van der Waals surface area contributed by atoms with Crippen LogP contribution in [0.15, 0.2) is 23.3 Å². The van der Waals surface area contributed by atoms with E-state index < -0.39 is 5.97 Å². The van der Waals surface area contributed by atoms with Gasteiger partial charge in [-0.05, 0) is 0 Å². The van der Waals surface area contributed by atoms with Gasteiger partial charge < -0.3 is 5.11 Å². The molecular formula is C7H7BrO2. The molecule has 0 spiro atoms. The van der Waals surface area contributed by atoms with Crippen LogP contribution in [0.25, 0.3) is 0 Å². The van der Waals surface area contributed by atoms with Crippen molar-refractivity contribution >= 4 is 21.9 Å². The van der Waals surface area contributed by atoms with E-state index in [4.69, 9.17) is 5.11 Å². The Labute approximate surface area is 67.4 Å². The maximum atomic E-state index is 10.3. The molecule has 0 unspecified atom stereocenters. The molecule has 0 aromatic heterocycles. The van der Waals surface area contributed by atoms with Crippen LogP contribution >= 0.6 is 15.9 Å². The fourth-order valence-electron chi connectivity index (χ4n) is 0.820. The predicted molar refractivity (Wildman–Crippen MR) is 42.2 cm³/mol. The molecule has 0 aliphatic heterocycles. The first-order valence-electron chi connectivity index (χ1n) is 2.92. The number of hydrogen-bond acceptors (Lipinski definition) is 1. The van der Waals surface area contributed by atoms with Crippen molar-refractivity contribution in [3.05, 3.63) is 23.3 Å². The smallest absolute Gasteiger partial charge is 0.331 e. The van der Waals surface area contributed by atoms with E-state index >= 15 is 0 Å². The van der Waals surface area contributed by atoms with Gasteiger partial charge in [0.1, 0.15) is 0 Å². The number of carbonyl (C=O) groups is 1. The number of aliphatic carboxylic acids is 1. The highest BCUT2D eigenvalue weighted by atomic mass is 79.9. The highest BCUT2D eigenvalue weighted by Gasteiger charge is 2.12. The summed E-state index contributed by atoms with van der Waals surface area (Å²) in [5.74, 6) is -0.813. The lowest BCUT2D eigenvalue weighted by atomic mass is 10.2. The zero-order valence-electron chi connectivity index (χ0n) is 5.30. The van der Waals surface area contributed by atoms with Gasteiger partial charge in [0.15, 0.2) is 0 Å². The Morgan fingerprint density at radius 3 is 2.70 bits per heavy atom. The number of hydrogen-bond donors (Lipinski definition) is 1. The lowest BCUT2D eigenvalue weighted by Crippen LogP contribution is -1.98. The molecule has 1 aliphatic carbocycles. The van der Waals surface area contributed by atoms with Gasteiger partial charge in [-0.15, -0.1) is 0 Å². The summed E-state index contributed by atoms with van der Waals surface area (Å²) in [5, 5.41) is 9.27. The van der Waals surface area contributed by atoms with E-state index in [9.17, 15) is 4.79 Å². The van der Waals surface area contributed by atoms with Crippen LogP contribution < -0.4 is 0 Å². The van der Waals surface area contributed by atoms with Gasteiger partial charge in [0.25, 0.3) is 0 Å². The van der Waals surface area contributed by atoms with Crippen molar-refractivity contribution in [3.63, 3.8) is 0 Å². The second-order valence-electron chi connectivity index (χ2n) is 2.13. The van der Waals surface area contributed by atoms with E-state index in [0.29, 0.717) is 12.0 Å². The van der Waals surface area contributed by atoms with Crippen molar-refractivity contribution in [1.29, 1.82) is 0 Å². The molecule has 0 heterocycles. The summed E-state index contributed by atoms with van der Waals surface area (Å²) >= 11 is 3.26. The average Bonchev–Trinajstić information content (AvgIpc) is 2.34. The minimum absolute atomic E-state index is 0.481. The normalized spacial score (nSPS) is 16.5. The molecule has 1 aliphatic rings. The molecule has 54 valence electrons. The second-order valence-corrected chi connectivity index (χ2v) is 2.69. The summed E-state index contributed by atoms with van der Waals surface area (Å²) in [6.45, 7) is 0. The third-order valence-corrected chi connectivity index (χ3v) is 2.10. The van der Waals surface area contributed by atoms with Gasteiger partial charge in [0.05, 0.1) is 0 Å². The maximum absolute atomic E-state index is 10.3. The highest BCUT2D eigenvalue weighted by Crippen LogP contribution is 2.19. The lowest BCUT2D eigenvalue weighted by molar-refractivity contribution is -0.132. The molecular weight excluding hydrogens is 196 g/mol. The van der Waals surface area contributed by atoms with E-state index in [1.165, 1.54) is 0 Å². The fraction of sp³-hybridized carbons (Fsp3) is 0.286. The number of alkyl halides is 1. The molecule has 3 heteroatoms. The Balaban J connectivity index is 2.56. The topological polar surface area (TPSA) is 37.3 Å². The van der Waals surface area contributed by atoms with Crippen LogP contribution in [0.1, 0.15) is 6.42 Å². The summed E-state index contributed by atoms with van der Waals surface area (Å²) in [6.07, 6.45) is 4.08. The number of allylic oxidation sites excluding steroid dienone is 3. The molecule has 0 bridgehead atoms. The van der Waals surface area contributed by atoms with Crippen LogP contribution in [0.5, 0.6) is 0 Å². The average molecular weight is 203 g/mol. The molecule has 0 aromatic carbocycles. The van der Waals surface area contributed by atoms with Crippen LogP contribution in [0.2, 0.25) is 0 Å². The van der Waals surface area contributed by atoms with Crippen molar-refractivity contribution in [2.75, 3.05) is 5.33 Å². The van der Waals surface area contributed by atoms with Crippen molar-refractivity contribution in [2.24, 2.45) is 0 Å². The number of carboxylic acid groups (broad SMARTS) is 1. The number of halogens is 1. The van der Waals surface area contributed by atoms with Crippen molar-refractivity contribution in [2.45, 2.75) is 6.42 Å². The molecule has 1 rings (SSSR count). The maximum Gasteiger partial charge on any atom is 0.331 e. The SMILES string of the molecule is O=C(O)C1=CC=C(CBr)C1. The van der Waals surface area contributed by atoms with Gasteiger partial charge in [-0.2, -0.15) is 0 Å². The fourth-order valence-corrected chi connectivity index (χ4v) is 1.20. The van der Waals surface area contributed by atoms with Gasteiger partial charge in [-0.3, -0.25) is 0 Å². The van der Waals surface area contributed by atoms with Crippen LogP contribution in [-0.4, -0.2) is 16.4 Å². The Bertz CT molecular complexity index is 216. The first kappa shape index (κ1) is 7.54. The predicted octanol–water partition coefficient (Wildman–Crippen LogP) is 1.72. The van der Waals surface area contributed by atoms with Crippen LogP contribution in [0.4, 0.5) is 0 Å². The summed E-state index contributed by atoms with van der Waals surface area (Å²) in [5.41, 5.74) is 1.60. The van der Waals surface area contributed by atoms with Crippen LogP contribution in [0.3, 0.4) is 0 Å². The van der Waals surface area contributed by atoms with E-state index in [1.807, 2.05) is 6.08 Å². The van der Waals surface area contributed by atoms with Crippen LogP contribution in [-0.2, 0) is 4.79 Å². The monoisotopic (exact) mass is 202 g/mol. The minimum Gasteiger partial charge on any atom is -0.478 e. The number of carboxylic acids is 1. The second kappa shape index (κ2) is 3.01. The molecule has 0 saturated heterocycles. The largest absolute Gasteiger partial charge is 0.478 e. The molecule has 0 atom stereocenters. The third-order valence-electron chi connectivity index (χ3n) is 1.38. The molecule has 10 heavy (non-hydrogen) atoms. The van der Waals surface area contributed by atoms with E-state index in [0.717, 1.165) is 10.9 Å².